The Bertz CT molecular complexity index is 1320. The van der Waals surface area contributed by atoms with Gasteiger partial charge in [0.25, 0.3) is 0 Å². The fourth-order valence-electron chi connectivity index (χ4n) is 5.15. The number of hydrogen-bond donors (Lipinski definition) is 1. The molecule has 2 atom stereocenters. The van der Waals surface area contributed by atoms with E-state index in [1.807, 2.05) is 60.7 Å². The van der Waals surface area contributed by atoms with E-state index in [0.717, 1.165) is 33.3 Å². The summed E-state index contributed by atoms with van der Waals surface area (Å²) in [6.07, 6.45) is 3.93. The number of benzene rings is 2. The summed E-state index contributed by atoms with van der Waals surface area (Å²) in [6, 6.07) is 21.1. The number of aromatic amines is 1. The number of para-hydroxylation sites is 1. The topological polar surface area (TPSA) is 69.3 Å². The Balaban J connectivity index is 1.46. The summed E-state index contributed by atoms with van der Waals surface area (Å²) in [5.74, 6) is -0.0277. The van der Waals surface area contributed by atoms with Gasteiger partial charge in [-0.2, -0.15) is 0 Å². The molecule has 1 saturated heterocycles. The van der Waals surface area contributed by atoms with E-state index in [9.17, 15) is 9.59 Å². The summed E-state index contributed by atoms with van der Waals surface area (Å²) in [4.78, 5) is 38.2. The van der Waals surface area contributed by atoms with Crippen LogP contribution in [0.25, 0.3) is 10.9 Å². The molecule has 0 unspecified atom stereocenters. The zero-order chi connectivity index (χ0) is 21.7. The molecule has 0 radical (unpaired) electrons. The van der Waals surface area contributed by atoms with Crippen LogP contribution in [0, 0.1) is 0 Å². The summed E-state index contributed by atoms with van der Waals surface area (Å²) in [6.45, 7) is 0.491. The molecular formula is C26H22N4O2. The fraction of sp³-hybridized carbons (Fsp3) is 0.192. The summed E-state index contributed by atoms with van der Waals surface area (Å²) < 4.78 is 0. The van der Waals surface area contributed by atoms with Crippen molar-refractivity contribution >= 4 is 22.7 Å². The SMILES string of the molecule is O=C1[C@@H]2Cc3c([nH]c4ccccc34)[C@@H](c3ccccc3)N2C(=O)CN1Cc1ccncc1. The van der Waals surface area contributed by atoms with E-state index in [-0.39, 0.29) is 24.4 Å². The highest BCUT2D eigenvalue weighted by molar-refractivity contribution is 5.97. The smallest absolute Gasteiger partial charge is 0.246 e. The highest BCUT2D eigenvalue weighted by atomic mass is 16.2. The molecule has 2 aliphatic heterocycles. The Morgan fingerprint density at radius 3 is 2.50 bits per heavy atom. The lowest BCUT2D eigenvalue weighted by atomic mass is 9.86. The Kier molecular flexibility index (Phi) is 4.31. The molecule has 158 valence electrons. The summed E-state index contributed by atoms with van der Waals surface area (Å²) >= 11 is 0. The van der Waals surface area contributed by atoms with E-state index < -0.39 is 6.04 Å². The molecule has 2 aliphatic rings. The number of hydrogen-bond acceptors (Lipinski definition) is 3. The van der Waals surface area contributed by atoms with Crippen molar-refractivity contribution in [2.24, 2.45) is 0 Å². The monoisotopic (exact) mass is 422 g/mol. The predicted octanol–water partition coefficient (Wildman–Crippen LogP) is 3.45. The zero-order valence-electron chi connectivity index (χ0n) is 17.4. The molecule has 6 nitrogen and oxygen atoms in total. The van der Waals surface area contributed by atoms with Gasteiger partial charge in [-0.3, -0.25) is 14.6 Å². The van der Waals surface area contributed by atoms with Gasteiger partial charge in [-0.15, -0.1) is 0 Å². The fourth-order valence-corrected chi connectivity index (χ4v) is 5.15. The van der Waals surface area contributed by atoms with E-state index in [2.05, 4.69) is 16.0 Å². The van der Waals surface area contributed by atoms with Crippen LogP contribution in [0.15, 0.2) is 79.1 Å². The Morgan fingerprint density at radius 2 is 1.69 bits per heavy atom. The van der Waals surface area contributed by atoms with Gasteiger partial charge in [-0.05, 0) is 34.9 Å². The zero-order valence-corrected chi connectivity index (χ0v) is 17.4. The maximum Gasteiger partial charge on any atom is 0.246 e. The van der Waals surface area contributed by atoms with Crippen molar-refractivity contribution in [3.63, 3.8) is 0 Å². The van der Waals surface area contributed by atoms with Gasteiger partial charge in [0.05, 0.1) is 6.04 Å². The minimum Gasteiger partial charge on any atom is -0.356 e. The van der Waals surface area contributed by atoms with E-state index >= 15 is 0 Å². The van der Waals surface area contributed by atoms with Gasteiger partial charge >= 0.3 is 0 Å². The first-order valence-corrected chi connectivity index (χ1v) is 10.8. The van der Waals surface area contributed by atoms with Crippen LogP contribution in [-0.4, -0.2) is 44.2 Å². The van der Waals surface area contributed by atoms with Crippen molar-refractivity contribution in [1.82, 2.24) is 19.8 Å². The van der Waals surface area contributed by atoms with Gasteiger partial charge in [0.15, 0.2) is 0 Å². The van der Waals surface area contributed by atoms with Crippen molar-refractivity contribution in [3.8, 4) is 0 Å². The molecule has 6 rings (SSSR count). The largest absolute Gasteiger partial charge is 0.356 e. The molecule has 1 N–H and O–H groups in total. The van der Waals surface area contributed by atoms with Gasteiger partial charge in [-0.25, -0.2) is 0 Å². The number of rotatable bonds is 3. The van der Waals surface area contributed by atoms with Crippen LogP contribution in [0.1, 0.15) is 28.4 Å². The Morgan fingerprint density at radius 1 is 0.938 bits per heavy atom. The lowest BCUT2D eigenvalue weighted by Crippen LogP contribution is -2.62. The van der Waals surface area contributed by atoms with Crippen LogP contribution < -0.4 is 0 Å². The molecule has 2 amide bonds. The van der Waals surface area contributed by atoms with Crippen molar-refractivity contribution in [2.45, 2.75) is 25.0 Å². The second-order valence-electron chi connectivity index (χ2n) is 8.45. The van der Waals surface area contributed by atoms with E-state index in [1.165, 1.54) is 0 Å². The summed E-state index contributed by atoms with van der Waals surface area (Å²) in [5.41, 5.74) is 5.15. The average Bonchev–Trinajstić information content (AvgIpc) is 3.21. The molecule has 2 aromatic heterocycles. The number of carbonyl (C=O) groups is 2. The molecular weight excluding hydrogens is 400 g/mol. The first-order chi connectivity index (χ1) is 15.7. The Hall–Kier alpha value is -3.93. The van der Waals surface area contributed by atoms with Gasteiger partial charge in [-0.1, -0.05) is 48.5 Å². The van der Waals surface area contributed by atoms with Crippen LogP contribution in [0.5, 0.6) is 0 Å². The number of carbonyl (C=O) groups excluding carboxylic acids is 2. The highest BCUT2D eigenvalue weighted by Gasteiger charge is 2.48. The summed E-state index contributed by atoms with van der Waals surface area (Å²) in [7, 11) is 0. The van der Waals surface area contributed by atoms with Crippen molar-refractivity contribution < 1.29 is 9.59 Å². The average molecular weight is 422 g/mol. The molecule has 6 heteroatoms. The third-order valence-corrected chi connectivity index (χ3v) is 6.58. The van der Waals surface area contributed by atoms with Crippen molar-refractivity contribution in [1.29, 1.82) is 0 Å². The maximum absolute atomic E-state index is 13.7. The minimum absolute atomic E-state index is 0.00160. The van der Waals surface area contributed by atoms with Crippen molar-refractivity contribution in [2.75, 3.05) is 6.54 Å². The van der Waals surface area contributed by atoms with Gasteiger partial charge < -0.3 is 14.8 Å². The number of fused-ring (bicyclic) bond motifs is 4. The molecule has 2 aromatic carbocycles. The first-order valence-electron chi connectivity index (χ1n) is 10.8. The van der Waals surface area contributed by atoms with Crippen LogP contribution >= 0.6 is 0 Å². The number of nitrogens with one attached hydrogen (secondary N) is 1. The number of piperazine rings is 1. The van der Waals surface area contributed by atoms with Gasteiger partial charge in [0.2, 0.25) is 11.8 Å². The van der Waals surface area contributed by atoms with Gasteiger partial charge in [0, 0.05) is 42.0 Å². The third-order valence-electron chi connectivity index (χ3n) is 6.58. The van der Waals surface area contributed by atoms with Crippen LogP contribution in [0.4, 0.5) is 0 Å². The Labute approximate surface area is 185 Å². The number of pyridine rings is 1. The molecule has 4 aromatic rings. The van der Waals surface area contributed by atoms with Crippen LogP contribution in [0.3, 0.4) is 0 Å². The lowest BCUT2D eigenvalue weighted by Gasteiger charge is -2.47. The summed E-state index contributed by atoms with van der Waals surface area (Å²) in [5, 5.41) is 1.12. The number of amides is 2. The highest BCUT2D eigenvalue weighted by Crippen LogP contribution is 2.42. The third kappa shape index (κ3) is 2.91. The van der Waals surface area contributed by atoms with Crippen LogP contribution in [0.2, 0.25) is 0 Å². The maximum atomic E-state index is 13.7. The first kappa shape index (κ1) is 18.8. The minimum atomic E-state index is -0.519. The van der Waals surface area contributed by atoms with E-state index in [1.54, 1.807) is 22.2 Å². The molecule has 0 saturated carbocycles. The second-order valence-corrected chi connectivity index (χ2v) is 8.45. The van der Waals surface area contributed by atoms with Crippen LogP contribution in [-0.2, 0) is 22.6 Å². The standard InChI is InChI=1S/C26H22N4O2/c31-23-16-29(15-17-10-12-27-13-11-17)26(32)22-14-20-19-8-4-5-9-21(19)28-24(20)25(30(22)23)18-6-2-1-3-7-18/h1-13,22,25,28H,14-16H2/t22-,25+/m0/s1. The number of H-pyrrole nitrogens is 1. The number of aromatic nitrogens is 2. The molecule has 32 heavy (non-hydrogen) atoms. The lowest BCUT2D eigenvalue weighted by molar-refractivity contribution is -0.159. The quantitative estimate of drug-likeness (QED) is 0.550. The normalized spacial score (nSPS) is 20.4. The predicted molar refractivity (Wildman–Crippen MR) is 121 cm³/mol. The molecule has 0 aliphatic carbocycles. The molecule has 0 bridgehead atoms. The molecule has 0 spiro atoms. The van der Waals surface area contributed by atoms with Crippen molar-refractivity contribution in [3.05, 3.63) is 102 Å². The number of nitrogens with zero attached hydrogens (tertiary/aromatic N) is 3. The van der Waals surface area contributed by atoms with E-state index in [0.29, 0.717) is 13.0 Å². The van der Waals surface area contributed by atoms with Gasteiger partial charge in [0.1, 0.15) is 12.6 Å². The second kappa shape index (κ2) is 7.34. The molecule has 4 heterocycles. The van der Waals surface area contributed by atoms with E-state index in [4.69, 9.17) is 0 Å². The molecule has 1 fully saturated rings.